The van der Waals surface area contributed by atoms with E-state index in [0.717, 1.165) is 25.7 Å². The molecule has 0 spiro atoms. The molecule has 3 unspecified atom stereocenters. The molecule has 0 aromatic carbocycles. The van der Waals surface area contributed by atoms with E-state index in [-0.39, 0.29) is 5.54 Å². The molecule has 1 aliphatic carbocycles. The van der Waals surface area contributed by atoms with Crippen LogP contribution >= 0.6 is 0 Å². The van der Waals surface area contributed by atoms with Gasteiger partial charge in [0, 0.05) is 18.2 Å². The minimum absolute atomic E-state index is 0.267. The molecule has 3 nitrogen and oxygen atoms in total. The van der Waals surface area contributed by atoms with Gasteiger partial charge in [-0.2, -0.15) is 0 Å². The van der Waals surface area contributed by atoms with Gasteiger partial charge in [-0.15, -0.1) is 0 Å². The Bertz CT molecular complexity index is 233. The fraction of sp³-hybridized carbons (Fsp3) is 1.00. The first kappa shape index (κ1) is 15.9. The normalized spacial score (nSPS) is 30.7. The highest BCUT2D eigenvalue weighted by molar-refractivity contribution is 5.01. The summed E-state index contributed by atoms with van der Waals surface area (Å²) >= 11 is 0. The number of ether oxygens (including phenoxy) is 1. The second-order valence-electron chi connectivity index (χ2n) is 5.97. The maximum Gasteiger partial charge on any atom is 0.0637 e. The van der Waals surface area contributed by atoms with Crippen molar-refractivity contribution in [2.75, 3.05) is 33.9 Å². The van der Waals surface area contributed by atoms with Crippen molar-refractivity contribution in [3.05, 3.63) is 0 Å². The van der Waals surface area contributed by atoms with Crippen LogP contribution in [0.4, 0.5) is 0 Å². The average Bonchev–Trinajstić information content (AvgIpc) is 2.34. The summed E-state index contributed by atoms with van der Waals surface area (Å²) in [6, 6.07) is 0.445. The van der Waals surface area contributed by atoms with Crippen molar-refractivity contribution in [2.24, 2.45) is 5.92 Å². The number of nitrogens with one attached hydrogen (secondary N) is 1. The molecule has 1 N–H and O–H groups in total. The highest BCUT2D eigenvalue weighted by Gasteiger charge is 2.43. The van der Waals surface area contributed by atoms with E-state index in [1.165, 1.54) is 25.7 Å². The quantitative estimate of drug-likeness (QED) is 0.757. The van der Waals surface area contributed by atoms with Gasteiger partial charge in [0.1, 0.15) is 0 Å². The van der Waals surface area contributed by atoms with E-state index in [0.29, 0.717) is 6.04 Å². The molecule has 0 aliphatic heterocycles. The van der Waals surface area contributed by atoms with Crippen LogP contribution in [0, 0.1) is 5.92 Å². The molecule has 0 heterocycles. The fourth-order valence-corrected chi connectivity index (χ4v) is 3.48. The van der Waals surface area contributed by atoms with Crippen molar-refractivity contribution in [3.8, 4) is 0 Å². The number of likely N-dealkylation sites (N-methyl/N-ethyl adjacent to an activating group) is 2. The maximum atomic E-state index is 5.72. The molecular weight excluding hydrogens is 224 g/mol. The number of nitrogens with zero attached hydrogens (tertiary/aromatic N) is 1. The second kappa shape index (κ2) is 7.46. The molecule has 18 heavy (non-hydrogen) atoms. The zero-order valence-corrected chi connectivity index (χ0v) is 13.0. The van der Waals surface area contributed by atoms with Gasteiger partial charge in [-0.25, -0.2) is 0 Å². The molecule has 1 saturated carbocycles. The maximum absolute atomic E-state index is 5.72. The lowest BCUT2D eigenvalue weighted by molar-refractivity contribution is -0.00137. The average molecular weight is 256 g/mol. The largest absolute Gasteiger partial charge is 0.380 e. The minimum atomic E-state index is 0.267. The van der Waals surface area contributed by atoms with Crippen LogP contribution < -0.4 is 5.32 Å². The first-order chi connectivity index (χ1) is 8.56. The lowest BCUT2D eigenvalue weighted by Gasteiger charge is -2.50. The minimum Gasteiger partial charge on any atom is -0.380 e. The Morgan fingerprint density at radius 2 is 2.11 bits per heavy atom. The number of hydrogen-bond acceptors (Lipinski definition) is 3. The van der Waals surface area contributed by atoms with Gasteiger partial charge < -0.3 is 15.0 Å². The lowest BCUT2D eigenvalue weighted by atomic mass is 9.71. The van der Waals surface area contributed by atoms with Crippen LogP contribution in [0.15, 0.2) is 0 Å². The van der Waals surface area contributed by atoms with Crippen LogP contribution in [-0.2, 0) is 4.74 Å². The SMILES string of the molecule is CCNC(COCC)C1(N(C)C)CCCC(C)C1. The van der Waals surface area contributed by atoms with E-state index in [1.807, 2.05) is 0 Å². The van der Waals surface area contributed by atoms with Crippen molar-refractivity contribution in [1.82, 2.24) is 10.2 Å². The van der Waals surface area contributed by atoms with Gasteiger partial charge in [-0.3, -0.25) is 0 Å². The van der Waals surface area contributed by atoms with E-state index in [1.54, 1.807) is 0 Å². The van der Waals surface area contributed by atoms with E-state index < -0.39 is 0 Å². The van der Waals surface area contributed by atoms with Gasteiger partial charge >= 0.3 is 0 Å². The van der Waals surface area contributed by atoms with Gasteiger partial charge in [-0.05, 0) is 46.3 Å². The molecule has 0 saturated heterocycles. The molecule has 1 fully saturated rings. The zero-order valence-electron chi connectivity index (χ0n) is 13.0. The number of hydrogen-bond donors (Lipinski definition) is 1. The summed E-state index contributed by atoms with van der Waals surface area (Å²) in [4.78, 5) is 2.44. The molecule has 0 bridgehead atoms. The third-order valence-electron chi connectivity index (χ3n) is 4.49. The Kier molecular flexibility index (Phi) is 6.61. The van der Waals surface area contributed by atoms with Gasteiger partial charge in [0.2, 0.25) is 0 Å². The molecule has 0 amide bonds. The Morgan fingerprint density at radius 1 is 1.39 bits per heavy atom. The van der Waals surface area contributed by atoms with Crippen LogP contribution in [0.25, 0.3) is 0 Å². The Hall–Kier alpha value is -0.120. The highest BCUT2D eigenvalue weighted by Crippen LogP contribution is 2.38. The molecule has 1 rings (SSSR count). The topological polar surface area (TPSA) is 24.5 Å². The summed E-state index contributed by atoms with van der Waals surface area (Å²) in [6.07, 6.45) is 5.29. The Morgan fingerprint density at radius 3 is 2.61 bits per heavy atom. The molecule has 0 radical (unpaired) electrons. The molecule has 0 aromatic rings. The first-order valence-corrected chi connectivity index (χ1v) is 7.55. The van der Waals surface area contributed by atoms with Gasteiger partial charge in [0.05, 0.1) is 6.61 Å². The van der Waals surface area contributed by atoms with Crippen molar-refractivity contribution in [3.63, 3.8) is 0 Å². The molecule has 1 aliphatic rings. The Balaban J connectivity index is 2.83. The summed E-state index contributed by atoms with van der Waals surface area (Å²) in [7, 11) is 4.46. The van der Waals surface area contributed by atoms with Crippen LogP contribution in [-0.4, -0.2) is 50.3 Å². The van der Waals surface area contributed by atoms with Crippen LogP contribution in [0.3, 0.4) is 0 Å². The van der Waals surface area contributed by atoms with Crippen LogP contribution in [0.5, 0.6) is 0 Å². The van der Waals surface area contributed by atoms with Gasteiger partial charge in [-0.1, -0.05) is 26.7 Å². The summed E-state index contributed by atoms with van der Waals surface area (Å²) in [5.74, 6) is 0.823. The van der Waals surface area contributed by atoms with E-state index in [9.17, 15) is 0 Å². The van der Waals surface area contributed by atoms with Gasteiger partial charge in [0.25, 0.3) is 0 Å². The Labute approximate surface area is 113 Å². The van der Waals surface area contributed by atoms with Crippen molar-refractivity contribution >= 4 is 0 Å². The second-order valence-corrected chi connectivity index (χ2v) is 5.97. The number of rotatable bonds is 7. The zero-order chi connectivity index (χ0) is 13.6. The lowest BCUT2D eigenvalue weighted by Crippen LogP contribution is -2.62. The summed E-state index contributed by atoms with van der Waals surface area (Å²) < 4.78 is 5.72. The van der Waals surface area contributed by atoms with Crippen LogP contribution in [0.2, 0.25) is 0 Å². The van der Waals surface area contributed by atoms with E-state index >= 15 is 0 Å². The van der Waals surface area contributed by atoms with E-state index in [4.69, 9.17) is 4.74 Å². The highest BCUT2D eigenvalue weighted by atomic mass is 16.5. The van der Waals surface area contributed by atoms with Crippen molar-refractivity contribution < 1.29 is 4.74 Å². The predicted octanol–water partition coefficient (Wildman–Crippen LogP) is 2.51. The first-order valence-electron chi connectivity index (χ1n) is 7.55. The molecule has 3 heteroatoms. The van der Waals surface area contributed by atoms with Crippen molar-refractivity contribution in [1.29, 1.82) is 0 Å². The summed E-state index contributed by atoms with van der Waals surface area (Å²) in [5, 5.41) is 3.66. The standard InChI is InChI=1S/C15H32N2O/c1-6-16-14(12-18-7-2)15(17(4)5)10-8-9-13(3)11-15/h13-14,16H,6-12H2,1-5H3. The molecule has 3 atom stereocenters. The third kappa shape index (κ3) is 3.69. The third-order valence-corrected chi connectivity index (χ3v) is 4.49. The predicted molar refractivity (Wildman–Crippen MR) is 78.0 cm³/mol. The summed E-state index contributed by atoms with van der Waals surface area (Å²) in [5.41, 5.74) is 0.267. The molecule has 108 valence electrons. The summed E-state index contributed by atoms with van der Waals surface area (Å²) in [6.45, 7) is 9.31. The fourth-order valence-electron chi connectivity index (χ4n) is 3.48. The smallest absolute Gasteiger partial charge is 0.0637 e. The van der Waals surface area contributed by atoms with Gasteiger partial charge in [0.15, 0.2) is 0 Å². The van der Waals surface area contributed by atoms with E-state index in [2.05, 4.69) is 45.1 Å². The molecular formula is C15H32N2O. The monoisotopic (exact) mass is 256 g/mol. The van der Waals surface area contributed by atoms with Crippen LogP contribution in [0.1, 0.15) is 46.5 Å². The molecule has 0 aromatic heterocycles. The van der Waals surface area contributed by atoms with Crippen molar-refractivity contribution in [2.45, 2.75) is 58.0 Å².